The highest BCUT2D eigenvalue weighted by molar-refractivity contribution is 5.46. The molecule has 0 unspecified atom stereocenters. The van der Waals surface area contributed by atoms with Gasteiger partial charge in [-0.25, -0.2) is 4.39 Å². The molecule has 1 aromatic carbocycles. The molecule has 0 fully saturated rings. The molecule has 0 aliphatic carbocycles. The topological polar surface area (TPSA) is 34.2 Å². The molecule has 88 valence electrons. The van der Waals surface area contributed by atoms with Crippen molar-refractivity contribution in [3.05, 3.63) is 48.5 Å². The second-order valence-electron chi connectivity index (χ2n) is 3.47. The number of halogens is 1. The largest absolute Gasteiger partial charge is 0.453 e. The number of ether oxygens (including phenoxy) is 1. The van der Waals surface area contributed by atoms with E-state index in [0.29, 0.717) is 5.75 Å². The molecule has 1 heterocycles. The first kappa shape index (κ1) is 11.4. The van der Waals surface area contributed by atoms with Crippen molar-refractivity contribution in [2.75, 3.05) is 11.9 Å². The smallest absolute Gasteiger partial charge is 0.165 e. The molecule has 0 saturated carbocycles. The van der Waals surface area contributed by atoms with Crippen molar-refractivity contribution >= 4 is 5.69 Å². The van der Waals surface area contributed by atoms with Crippen molar-refractivity contribution < 1.29 is 9.13 Å². The van der Waals surface area contributed by atoms with Gasteiger partial charge < -0.3 is 10.1 Å². The number of hydrogen-bond acceptors (Lipinski definition) is 3. The Bertz CT molecular complexity index is 502. The molecule has 0 amide bonds. The van der Waals surface area contributed by atoms with Crippen LogP contribution in [0.5, 0.6) is 11.5 Å². The summed E-state index contributed by atoms with van der Waals surface area (Å²) < 4.78 is 18.8. The second-order valence-corrected chi connectivity index (χ2v) is 3.47. The van der Waals surface area contributed by atoms with E-state index >= 15 is 0 Å². The Morgan fingerprint density at radius 2 is 2.12 bits per heavy atom. The fourth-order valence-corrected chi connectivity index (χ4v) is 1.43. The quantitative estimate of drug-likeness (QED) is 0.876. The number of anilines is 1. The Morgan fingerprint density at radius 3 is 2.88 bits per heavy atom. The van der Waals surface area contributed by atoms with E-state index in [1.165, 1.54) is 6.07 Å². The van der Waals surface area contributed by atoms with Gasteiger partial charge in [0.15, 0.2) is 11.6 Å². The van der Waals surface area contributed by atoms with Crippen LogP contribution < -0.4 is 10.1 Å². The van der Waals surface area contributed by atoms with Crippen LogP contribution in [0.25, 0.3) is 0 Å². The first-order chi connectivity index (χ1) is 8.29. The number of nitrogens with zero attached hydrogens (tertiary/aromatic N) is 1. The molecule has 2 rings (SSSR count). The number of pyridine rings is 1. The summed E-state index contributed by atoms with van der Waals surface area (Å²) in [4.78, 5) is 4.02. The van der Waals surface area contributed by atoms with Gasteiger partial charge in [-0.2, -0.15) is 0 Å². The SMILES string of the molecule is CCNc1cncc(Oc2ccccc2F)c1. The molecule has 3 nitrogen and oxygen atoms in total. The maximum Gasteiger partial charge on any atom is 0.165 e. The van der Waals surface area contributed by atoms with Crippen molar-refractivity contribution in [3.63, 3.8) is 0 Å². The molecule has 0 bridgehead atoms. The van der Waals surface area contributed by atoms with Crippen LogP contribution in [0.15, 0.2) is 42.7 Å². The fourth-order valence-electron chi connectivity index (χ4n) is 1.43. The average molecular weight is 232 g/mol. The molecule has 0 spiro atoms. The third kappa shape index (κ3) is 2.93. The molecule has 17 heavy (non-hydrogen) atoms. The summed E-state index contributed by atoms with van der Waals surface area (Å²) >= 11 is 0. The summed E-state index contributed by atoms with van der Waals surface area (Å²) in [5.41, 5.74) is 0.848. The summed E-state index contributed by atoms with van der Waals surface area (Å²) in [7, 11) is 0. The van der Waals surface area contributed by atoms with Crippen LogP contribution in [0.2, 0.25) is 0 Å². The van der Waals surface area contributed by atoms with E-state index in [4.69, 9.17) is 4.74 Å². The number of nitrogens with one attached hydrogen (secondary N) is 1. The monoisotopic (exact) mass is 232 g/mol. The lowest BCUT2D eigenvalue weighted by Gasteiger charge is -2.08. The van der Waals surface area contributed by atoms with Gasteiger partial charge in [0, 0.05) is 12.6 Å². The van der Waals surface area contributed by atoms with E-state index in [1.54, 1.807) is 36.7 Å². The van der Waals surface area contributed by atoms with Gasteiger partial charge in [-0.3, -0.25) is 4.98 Å². The van der Waals surface area contributed by atoms with E-state index in [1.807, 2.05) is 6.92 Å². The minimum atomic E-state index is -0.388. The standard InChI is InChI=1S/C13H13FN2O/c1-2-16-10-7-11(9-15-8-10)17-13-6-4-3-5-12(13)14/h3-9,16H,2H2,1H3. The zero-order valence-electron chi connectivity index (χ0n) is 9.48. The van der Waals surface area contributed by atoms with Gasteiger partial charge in [-0.15, -0.1) is 0 Å². The zero-order valence-corrected chi connectivity index (χ0v) is 9.48. The van der Waals surface area contributed by atoms with Crippen molar-refractivity contribution in [1.29, 1.82) is 0 Å². The molecule has 0 aliphatic rings. The van der Waals surface area contributed by atoms with Crippen LogP contribution in [0, 0.1) is 5.82 Å². The van der Waals surface area contributed by atoms with Crippen molar-refractivity contribution in [2.24, 2.45) is 0 Å². The molecule has 1 aromatic heterocycles. The van der Waals surface area contributed by atoms with Crippen LogP contribution in [0.3, 0.4) is 0 Å². The third-order valence-corrected chi connectivity index (χ3v) is 2.16. The molecule has 1 N–H and O–H groups in total. The predicted octanol–water partition coefficient (Wildman–Crippen LogP) is 3.44. The summed E-state index contributed by atoms with van der Waals surface area (Å²) in [5.74, 6) is 0.317. The van der Waals surface area contributed by atoms with Crippen LogP contribution in [0.1, 0.15) is 6.92 Å². The molecule has 0 radical (unpaired) electrons. The number of aromatic nitrogens is 1. The molecule has 2 aromatic rings. The van der Waals surface area contributed by atoms with Gasteiger partial charge >= 0.3 is 0 Å². The Morgan fingerprint density at radius 1 is 1.29 bits per heavy atom. The Hall–Kier alpha value is -2.10. The van der Waals surface area contributed by atoms with Gasteiger partial charge in [0.2, 0.25) is 0 Å². The van der Waals surface area contributed by atoms with E-state index in [-0.39, 0.29) is 11.6 Å². The lowest BCUT2D eigenvalue weighted by atomic mass is 10.3. The first-order valence-corrected chi connectivity index (χ1v) is 5.41. The number of rotatable bonds is 4. The van der Waals surface area contributed by atoms with Crippen LogP contribution >= 0.6 is 0 Å². The molecule has 0 atom stereocenters. The fraction of sp³-hybridized carbons (Fsp3) is 0.154. The van der Waals surface area contributed by atoms with Gasteiger partial charge in [-0.1, -0.05) is 12.1 Å². The molecule has 4 heteroatoms. The van der Waals surface area contributed by atoms with E-state index in [0.717, 1.165) is 12.2 Å². The maximum absolute atomic E-state index is 13.4. The Balaban J connectivity index is 2.18. The minimum absolute atomic E-state index is 0.197. The van der Waals surface area contributed by atoms with Gasteiger partial charge in [0.05, 0.1) is 18.1 Å². The van der Waals surface area contributed by atoms with Gasteiger partial charge in [-0.05, 0) is 19.1 Å². The van der Waals surface area contributed by atoms with E-state index in [2.05, 4.69) is 10.3 Å². The Kier molecular flexibility index (Phi) is 3.55. The number of para-hydroxylation sites is 1. The Labute approximate surface area is 99.3 Å². The highest BCUT2D eigenvalue weighted by Gasteiger charge is 2.04. The molecular formula is C13H13FN2O. The molecule has 0 aliphatic heterocycles. The molecular weight excluding hydrogens is 219 g/mol. The predicted molar refractivity (Wildman–Crippen MR) is 64.9 cm³/mol. The summed E-state index contributed by atoms with van der Waals surface area (Å²) in [6, 6.07) is 8.06. The summed E-state index contributed by atoms with van der Waals surface area (Å²) in [6.07, 6.45) is 3.24. The van der Waals surface area contributed by atoms with Gasteiger partial charge in [0.1, 0.15) is 5.75 Å². The van der Waals surface area contributed by atoms with Crippen LogP contribution in [0.4, 0.5) is 10.1 Å². The highest BCUT2D eigenvalue weighted by Crippen LogP contribution is 2.25. The van der Waals surface area contributed by atoms with Gasteiger partial charge in [0.25, 0.3) is 0 Å². The van der Waals surface area contributed by atoms with E-state index < -0.39 is 0 Å². The van der Waals surface area contributed by atoms with Crippen LogP contribution in [-0.2, 0) is 0 Å². The maximum atomic E-state index is 13.4. The molecule has 0 saturated heterocycles. The van der Waals surface area contributed by atoms with Crippen molar-refractivity contribution in [2.45, 2.75) is 6.92 Å². The lowest BCUT2D eigenvalue weighted by Crippen LogP contribution is -1.97. The highest BCUT2D eigenvalue weighted by atomic mass is 19.1. The summed E-state index contributed by atoms with van der Waals surface area (Å²) in [6.45, 7) is 2.79. The van der Waals surface area contributed by atoms with Crippen molar-refractivity contribution in [3.8, 4) is 11.5 Å². The minimum Gasteiger partial charge on any atom is -0.453 e. The zero-order chi connectivity index (χ0) is 12.1. The van der Waals surface area contributed by atoms with E-state index in [9.17, 15) is 4.39 Å². The number of benzene rings is 1. The number of hydrogen-bond donors (Lipinski definition) is 1. The lowest BCUT2D eigenvalue weighted by molar-refractivity contribution is 0.441. The van der Waals surface area contributed by atoms with Crippen molar-refractivity contribution in [1.82, 2.24) is 4.98 Å². The summed E-state index contributed by atoms with van der Waals surface area (Å²) in [5, 5.41) is 3.11. The van der Waals surface area contributed by atoms with Crippen LogP contribution in [-0.4, -0.2) is 11.5 Å². The average Bonchev–Trinajstić information content (AvgIpc) is 2.33. The second kappa shape index (κ2) is 5.30. The third-order valence-electron chi connectivity index (χ3n) is 2.16. The first-order valence-electron chi connectivity index (χ1n) is 5.41. The normalized spacial score (nSPS) is 10.0.